The average Bonchev–Trinajstić information content (AvgIpc) is 3.47. The molecule has 1 amide bonds. The van der Waals surface area contributed by atoms with E-state index in [0.717, 1.165) is 11.3 Å². The summed E-state index contributed by atoms with van der Waals surface area (Å²) in [6.07, 6.45) is -1.59. The number of amides is 1. The molecule has 4 unspecified atom stereocenters. The molecule has 2 N–H and O–H groups in total. The van der Waals surface area contributed by atoms with Gasteiger partial charge in [0.2, 0.25) is 0 Å². The third kappa shape index (κ3) is 5.61. The molecule has 2 fully saturated rings. The fourth-order valence-corrected chi connectivity index (χ4v) is 4.26. The van der Waals surface area contributed by atoms with Crippen LogP contribution in [0.25, 0.3) is 0 Å². The molecule has 0 spiro atoms. The number of nitrogens with one attached hydrogen (secondary N) is 2. The highest BCUT2D eigenvalue weighted by atomic mass is 16.6. The summed E-state index contributed by atoms with van der Waals surface area (Å²) in [5.74, 6) is 1.41. The fourth-order valence-electron chi connectivity index (χ4n) is 4.26. The molecule has 35 heavy (non-hydrogen) atoms. The van der Waals surface area contributed by atoms with Crippen molar-refractivity contribution in [1.29, 1.82) is 5.26 Å². The van der Waals surface area contributed by atoms with Crippen molar-refractivity contribution in [3.63, 3.8) is 0 Å². The number of anilines is 1. The third-order valence-corrected chi connectivity index (χ3v) is 5.97. The molecule has 0 radical (unpaired) electrons. The van der Waals surface area contributed by atoms with Gasteiger partial charge in [-0.3, -0.25) is 5.32 Å². The summed E-state index contributed by atoms with van der Waals surface area (Å²) in [5, 5.41) is 15.2. The van der Waals surface area contributed by atoms with E-state index >= 15 is 0 Å². The van der Waals surface area contributed by atoms with Crippen molar-refractivity contribution < 1.29 is 23.7 Å². The maximum absolute atomic E-state index is 12.5. The Morgan fingerprint density at radius 1 is 0.943 bits per heavy atom. The van der Waals surface area contributed by atoms with Gasteiger partial charge in [0, 0.05) is 12.2 Å². The minimum Gasteiger partial charge on any atom is -0.457 e. The van der Waals surface area contributed by atoms with Crippen LogP contribution >= 0.6 is 0 Å². The first kappa shape index (κ1) is 22.9. The number of hydrogen-bond acceptors (Lipinski definition) is 7. The quantitative estimate of drug-likeness (QED) is 0.532. The maximum Gasteiger partial charge on any atom is 0.412 e. The van der Waals surface area contributed by atoms with Gasteiger partial charge in [-0.05, 0) is 54.1 Å². The molecule has 0 saturated carbocycles. The molecule has 3 aromatic rings. The van der Waals surface area contributed by atoms with Crippen LogP contribution in [-0.2, 0) is 20.8 Å². The predicted octanol–water partition coefficient (Wildman–Crippen LogP) is 4.22. The van der Waals surface area contributed by atoms with Gasteiger partial charge in [0.15, 0.2) is 6.10 Å². The van der Waals surface area contributed by atoms with Crippen LogP contribution in [0.15, 0.2) is 78.9 Å². The van der Waals surface area contributed by atoms with E-state index < -0.39 is 12.2 Å². The molecular weight excluding hydrogens is 446 g/mol. The molecule has 0 aliphatic carbocycles. The zero-order valence-electron chi connectivity index (χ0n) is 18.9. The Morgan fingerprint density at radius 2 is 1.71 bits per heavy atom. The summed E-state index contributed by atoms with van der Waals surface area (Å²) in [6, 6.07) is 26.1. The van der Waals surface area contributed by atoms with Gasteiger partial charge in [-0.2, -0.15) is 5.26 Å². The van der Waals surface area contributed by atoms with E-state index in [9.17, 15) is 4.79 Å². The van der Waals surface area contributed by atoms with Crippen molar-refractivity contribution in [3.8, 4) is 17.6 Å². The second kappa shape index (κ2) is 10.6. The Balaban J connectivity index is 1.10. The fraction of sp³-hybridized carbons (Fsp3) is 0.259. The van der Waals surface area contributed by atoms with Crippen LogP contribution in [-0.4, -0.2) is 43.7 Å². The van der Waals surface area contributed by atoms with Gasteiger partial charge in [-0.1, -0.05) is 30.3 Å². The molecule has 2 heterocycles. The summed E-state index contributed by atoms with van der Waals surface area (Å²) in [7, 11) is 0. The van der Waals surface area contributed by atoms with E-state index in [1.54, 1.807) is 30.3 Å². The molecule has 178 valence electrons. The Bertz CT molecular complexity index is 1200. The maximum atomic E-state index is 12.5. The lowest BCUT2D eigenvalue weighted by Crippen LogP contribution is -2.41. The van der Waals surface area contributed by atoms with E-state index in [4.69, 9.17) is 24.2 Å². The zero-order chi connectivity index (χ0) is 24.0. The van der Waals surface area contributed by atoms with E-state index in [2.05, 4.69) is 16.7 Å². The molecule has 0 bridgehead atoms. The molecule has 2 saturated heterocycles. The lowest BCUT2D eigenvalue weighted by molar-refractivity contribution is 0.00854. The molecule has 4 atom stereocenters. The number of hydrogen-bond donors (Lipinski definition) is 2. The smallest absolute Gasteiger partial charge is 0.412 e. The zero-order valence-corrected chi connectivity index (χ0v) is 18.9. The number of ether oxygens (including phenoxy) is 4. The summed E-state index contributed by atoms with van der Waals surface area (Å²) in [6.45, 7) is 1.32. The number of rotatable bonds is 7. The standard InChI is InChI=1S/C27H25N3O5/c28-14-18-5-4-6-19(13-18)15-29-23-16-32-26-24(17-33-25(23)26)35-27(31)30-20-9-11-22(12-10-20)34-21-7-2-1-3-8-21/h1-13,23-26,29H,15-17H2,(H,30,31). The number of benzene rings is 3. The summed E-state index contributed by atoms with van der Waals surface area (Å²) >= 11 is 0. The van der Waals surface area contributed by atoms with Crippen molar-refractivity contribution in [2.45, 2.75) is 30.9 Å². The van der Waals surface area contributed by atoms with Crippen LogP contribution in [0.4, 0.5) is 10.5 Å². The van der Waals surface area contributed by atoms with E-state index in [1.165, 1.54) is 0 Å². The van der Waals surface area contributed by atoms with Crippen molar-refractivity contribution in [3.05, 3.63) is 90.0 Å². The minimum atomic E-state index is -0.565. The molecule has 5 rings (SSSR count). The van der Waals surface area contributed by atoms with Crippen LogP contribution in [0.2, 0.25) is 0 Å². The Morgan fingerprint density at radius 3 is 2.51 bits per heavy atom. The van der Waals surface area contributed by atoms with Gasteiger partial charge in [-0.15, -0.1) is 0 Å². The van der Waals surface area contributed by atoms with Crippen LogP contribution in [0, 0.1) is 11.3 Å². The second-order valence-corrected chi connectivity index (χ2v) is 8.40. The first-order valence-electron chi connectivity index (χ1n) is 11.4. The monoisotopic (exact) mass is 471 g/mol. The third-order valence-electron chi connectivity index (χ3n) is 5.97. The predicted molar refractivity (Wildman–Crippen MR) is 128 cm³/mol. The van der Waals surface area contributed by atoms with Gasteiger partial charge in [0.05, 0.1) is 30.9 Å². The van der Waals surface area contributed by atoms with Crippen molar-refractivity contribution >= 4 is 11.8 Å². The largest absolute Gasteiger partial charge is 0.457 e. The first-order valence-corrected chi connectivity index (χ1v) is 11.4. The summed E-state index contributed by atoms with van der Waals surface area (Å²) in [4.78, 5) is 12.5. The lowest BCUT2D eigenvalue weighted by Gasteiger charge is -2.18. The number of fused-ring (bicyclic) bond motifs is 1. The summed E-state index contributed by atoms with van der Waals surface area (Å²) in [5.41, 5.74) is 2.23. The van der Waals surface area contributed by atoms with Crippen LogP contribution in [0.1, 0.15) is 11.1 Å². The number of carbonyl (C=O) groups is 1. The molecule has 2 aliphatic heterocycles. The number of carbonyl (C=O) groups excluding carboxylic acids is 1. The molecular formula is C27H25N3O5. The van der Waals surface area contributed by atoms with Gasteiger partial charge in [0.25, 0.3) is 0 Å². The van der Waals surface area contributed by atoms with E-state index in [1.807, 2.05) is 48.5 Å². The van der Waals surface area contributed by atoms with Gasteiger partial charge >= 0.3 is 6.09 Å². The topological polar surface area (TPSA) is 102 Å². The van der Waals surface area contributed by atoms with Gasteiger partial charge in [-0.25, -0.2) is 4.79 Å². The second-order valence-electron chi connectivity index (χ2n) is 8.40. The van der Waals surface area contributed by atoms with Crippen molar-refractivity contribution in [2.75, 3.05) is 18.5 Å². The first-order chi connectivity index (χ1) is 17.2. The van der Waals surface area contributed by atoms with Gasteiger partial charge < -0.3 is 24.3 Å². The number of para-hydroxylation sites is 1. The van der Waals surface area contributed by atoms with Crippen LogP contribution in [0.5, 0.6) is 11.5 Å². The minimum absolute atomic E-state index is 0.0282. The van der Waals surface area contributed by atoms with E-state index in [-0.39, 0.29) is 24.9 Å². The lowest BCUT2D eigenvalue weighted by atomic mass is 10.1. The van der Waals surface area contributed by atoms with Crippen molar-refractivity contribution in [1.82, 2.24) is 5.32 Å². The molecule has 8 heteroatoms. The molecule has 0 aromatic heterocycles. The molecule has 8 nitrogen and oxygen atoms in total. The van der Waals surface area contributed by atoms with Crippen molar-refractivity contribution in [2.24, 2.45) is 0 Å². The molecule has 2 aliphatic rings. The van der Waals surface area contributed by atoms with E-state index in [0.29, 0.717) is 30.2 Å². The SMILES string of the molecule is N#Cc1cccc(CNC2COC3C(OC(=O)Nc4ccc(Oc5ccccc5)cc4)COC23)c1. The highest BCUT2D eigenvalue weighted by Gasteiger charge is 2.49. The normalized spacial score (nSPS) is 22.7. The Labute approximate surface area is 203 Å². The Hall–Kier alpha value is -3.90. The molecule has 3 aromatic carbocycles. The van der Waals surface area contributed by atoms with Crippen LogP contribution < -0.4 is 15.4 Å². The highest BCUT2D eigenvalue weighted by molar-refractivity contribution is 5.84. The van der Waals surface area contributed by atoms with Crippen LogP contribution in [0.3, 0.4) is 0 Å². The average molecular weight is 472 g/mol. The Kier molecular flexibility index (Phi) is 6.91. The summed E-state index contributed by atoms with van der Waals surface area (Å²) < 4.78 is 23.2. The highest BCUT2D eigenvalue weighted by Crippen LogP contribution is 2.30. The van der Waals surface area contributed by atoms with Gasteiger partial charge in [0.1, 0.15) is 23.7 Å². The number of nitrogens with zero attached hydrogens (tertiary/aromatic N) is 1. The number of nitriles is 1.